The molecule has 2 aromatic rings. The Bertz CT molecular complexity index is 736. The Morgan fingerprint density at radius 3 is 2.57 bits per heavy atom. The number of hydrogen-bond acceptors (Lipinski definition) is 4. The minimum atomic E-state index is -0.811. The molecule has 1 saturated carbocycles. The van der Waals surface area contributed by atoms with Crippen LogP contribution >= 0.6 is 0 Å². The van der Waals surface area contributed by atoms with Crippen molar-refractivity contribution in [1.82, 2.24) is 9.97 Å². The maximum Gasteiger partial charge on any atom is 0.258 e. The minimum Gasteiger partial charge on any atom is -0.505 e. The number of aromatic amines is 1. The van der Waals surface area contributed by atoms with Gasteiger partial charge in [-0.2, -0.15) is 4.98 Å². The molecule has 5 nitrogen and oxygen atoms in total. The highest BCUT2D eigenvalue weighted by Gasteiger charge is 2.24. The molecule has 6 heteroatoms. The maximum absolute atomic E-state index is 13.4. The molecule has 0 amide bonds. The minimum absolute atomic E-state index is 0.0341. The highest BCUT2D eigenvalue weighted by Crippen LogP contribution is 2.36. The Balaban J connectivity index is 2.05. The van der Waals surface area contributed by atoms with Crippen LogP contribution in [0.4, 0.5) is 4.39 Å². The molecule has 0 saturated heterocycles. The summed E-state index contributed by atoms with van der Waals surface area (Å²) in [6, 6.07) is 3.65. The van der Waals surface area contributed by atoms with E-state index in [1.54, 1.807) is 0 Å². The van der Waals surface area contributed by atoms with E-state index >= 15 is 0 Å². The number of phenols is 1. The van der Waals surface area contributed by atoms with Crippen LogP contribution in [0.25, 0.3) is 11.4 Å². The maximum atomic E-state index is 13.4. The second-order valence-corrected chi connectivity index (χ2v) is 5.30. The largest absolute Gasteiger partial charge is 0.505 e. The third-order valence-corrected chi connectivity index (χ3v) is 3.92. The molecule has 3 rings (SSSR count). The van der Waals surface area contributed by atoms with Crippen LogP contribution in [-0.4, -0.2) is 20.2 Å². The molecular formula is C15H15FN2O3. The van der Waals surface area contributed by atoms with E-state index in [2.05, 4.69) is 9.97 Å². The number of nitrogens with one attached hydrogen (secondary N) is 1. The predicted octanol–water partition coefficient (Wildman–Crippen LogP) is 2.64. The standard InChI is InChI=1S/C15H15FN2O3/c16-10-7-9(5-6-11(10)19)13-17-14(20)12(15(21)18-13)8-3-1-2-4-8/h5-8,19H,1-4H2,(H2,17,18,20,21). The molecule has 21 heavy (non-hydrogen) atoms. The number of benzene rings is 1. The zero-order chi connectivity index (χ0) is 15.0. The summed E-state index contributed by atoms with van der Waals surface area (Å²) in [7, 11) is 0. The van der Waals surface area contributed by atoms with Gasteiger partial charge in [-0.15, -0.1) is 0 Å². The average molecular weight is 290 g/mol. The van der Waals surface area contributed by atoms with Crippen molar-refractivity contribution in [2.75, 3.05) is 0 Å². The number of aromatic hydroxyl groups is 2. The van der Waals surface area contributed by atoms with Gasteiger partial charge < -0.3 is 15.2 Å². The third-order valence-electron chi connectivity index (χ3n) is 3.92. The summed E-state index contributed by atoms with van der Waals surface area (Å²) in [5, 5.41) is 19.2. The van der Waals surface area contributed by atoms with Crippen LogP contribution in [0.2, 0.25) is 0 Å². The fourth-order valence-electron chi connectivity index (χ4n) is 2.84. The first-order valence-electron chi connectivity index (χ1n) is 6.88. The molecule has 1 aromatic carbocycles. The van der Waals surface area contributed by atoms with Crippen LogP contribution in [-0.2, 0) is 0 Å². The summed E-state index contributed by atoms with van der Waals surface area (Å²) in [5.41, 5.74) is 0.212. The number of H-pyrrole nitrogens is 1. The first kappa shape index (κ1) is 13.6. The van der Waals surface area contributed by atoms with Crippen molar-refractivity contribution in [3.05, 3.63) is 39.9 Å². The van der Waals surface area contributed by atoms with Gasteiger partial charge in [0.15, 0.2) is 11.6 Å². The fraction of sp³-hybridized carbons (Fsp3) is 0.333. The molecule has 3 N–H and O–H groups in total. The molecule has 0 bridgehead atoms. The zero-order valence-electron chi connectivity index (χ0n) is 11.3. The van der Waals surface area contributed by atoms with Crippen LogP contribution in [0.3, 0.4) is 0 Å². The van der Waals surface area contributed by atoms with Gasteiger partial charge in [0.05, 0.1) is 5.56 Å². The number of hydrogen-bond donors (Lipinski definition) is 3. The molecule has 1 aliphatic carbocycles. The summed E-state index contributed by atoms with van der Waals surface area (Å²) in [6.07, 6.45) is 3.81. The second-order valence-electron chi connectivity index (χ2n) is 5.30. The normalized spacial score (nSPS) is 15.5. The SMILES string of the molecule is O=c1[nH]c(-c2ccc(O)c(F)c2)nc(O)c1C1CCCC1. The van der Waals surface area contributed by atoms with Crippen molar-refractivity contribution in [2.45, 2.75) is 31.6 Å². The Hall–Kier alpha value is -2.37. The molecule has 0 aliphatic heterocycles. The van der Waals surface area contributed by atoms with E-state index in [9.17, 15) is 19.4 Å². The van der Waals surface area contributed by atoms with E-state index in [1.165, 1.54) is 12.1 Å². The van der Waals surface area contributed by atoms with Gasteiger partial charge in [0, 0.05) is 5.56 Å². The van der Waals surface area contributed by atoms with E-state index in [4.69, 9.17) is 0 Å². The molecular weight excluding hydrogens is 275 g/mol. The van der Waals surface area contributed by atoms with Gasteiger partial charge >= 0.3 is 0 Å². The van der Waals surface area contributed by atoms with E-state index < -0.39 is 17.1 Å². The Morgan fingerprint density at radius 1 is 1.24 bits per heavy atom. The van der Waals surface area contributed by atoms with E-state index in [0.717, 1.165) is 31.7 Å². The number of rotatable bonds is 2. The monoisotopic (exact) mass is 290 g/mol. The number of nitrogens with zero attached hydrogens (tertiary/aromatic N) is 1. The molecule has 1 heterocycles. The lowest BCUT2D eigenvalue weighted by atomic mass is 10.00. The Morgan fingerprint density at radius 2 is 1.95 bits per heavy atom. The van der Waals surface area contributed by atoms with E-state index in [1.807, 2.05) is 0 Å². The van der Waals surface area contributed by atoms with Crippen LogP contribution < -0.4 is 5.56 Å². The van der Waals surface area contributed by atoms with Crippen molar-refractivity contribution in [3.63, 3.8) is 0 Å². The summed E-state index contributed by atoms with van der Waals surface area (Å²) >= 11 is 0. The summed E-state index contributed by atoms with van der Waals surface area (Å²) < 4.78 is 13.4. The lowest BCUT2D eigenvalue weighted by Gasteiger charge is -2.11. The van der Waals surface area contributed by atoms with Crippen LogP contribution in [0.15, 0.2) is 23.0 Å². The Kier molecular flexibility index (Phi) is 3.37. The topological polar surface area (TPSA) is 86.2 Å². The second kappa shape index (κ2) is 5.20. The molecule has 110 valence electrons. The van der Waals surface area contributed by atoms with Gasteiger partial charge in [-0.1, -0.05) is 12.8 Å². The molecule has 0 spiro atoms. The van der Waals surface area contributed by atoms with Crippen molar-refractivity contribution < 1.29 is 14.6 Å². The number of halogens is 1. The molecule has 0 unspecified atom stereocenters. The summed E-state index contributed by atoms with van der Waals surface area (Å²) in [6.45, 7) is 0. The first-order valence-corrected chi connectivity index (χ1v) is 6.88. The van der Waals surface area contributed by atoms with Gasteiger partial charge in [0.1, 0.15) is 5.82 Å². The quantitative estimate of drug-likeness (QED) is 0.793. The van der Waals surface area contributed by atoms with Crippen molar-refractivity contribution >= 4 is 0 Å². The van der Waals surface area contributed by atoms with Gasteiger partial charge in [0.25, 0.3) is 5.56 Å². The van der Waals surface area contributed by atoms with Gasteiger partial charge in [-0.25, -0.2) is 4.39 Å². The van der Waals surface area contributed by atoms with Gasteiger partial charge in [-0.05, 0) is 37.0 Å². The van der Waals surface area contributed by atoms with Crippen LogP contribution in [0.1, 0.15) is 37.2 Å². The number of phenolic OH excluding ortho intramolecular Hbond substituents is 1. The summed E-state index contributed by atoms with van der Waals surface area (Å²) in [5.74, 6) is -1.47. The van der Waals surface area contributed by atoms with Gasteiger partial charge in [0.2, 0.25) is 5.88 Å². The van der Waals surface area contributed by atoms with E-state index in [0.29, 0.717) is 5.56 Å². The average Bonchev–Trinajstić information content (AvgIpc) is 2.95. The van der Waals surface area contributed by atoms with Crippen molar-refractivity contribution in [3.8, 4) is 23.0 Å². The Labute approximate surface area is 120 Å². The predicted molar refractivity (Wildman–Crippen MR) is 74.8 cm³/mol. The van der Waals surface area contributed by atoms with Crippen LogP contribution in [0, 0.1) is 5.82 Å². The number of aromatic nitrogens is 2. The highest BCUT2D eigenvalue weighted by atomic mass is 19.1. The van der Waals surface area contributed by atoms with Crippen molar-refractivity contribution in [1.29, 1.82) is 0 Å². The zero-order valence-corrected chi connectivity index (χ0v) is 11.3. The molecule has 0 atom stereocenters. The molecule has 1 aliphatic rings. The highest BCUT2D eigenvalue weighted by molar-refractivity contribution is 5.57. The molecule has 1 aromatic heterocycles. The lowest BCUT2D eigenvalue weighted by molar-refractivity contribution is 0.432. The van der Waals surface area contributed by atoms with Gasteiger partial charge in [-0.3, -0.25) is 4.79 Å². The fourth-order valence-corrected chi connectivity index (χ4v) is 2.84. The summed E-state index contributed by atoms with van der Waals surface area (Å²) in [4.78, 5) is 18.7. The first-order chi connectivity index (χ1) is 10.1. The molecule has 0 radical (unpaired) electrons. The lowest BCUT2D eigenvalue weighted by Crippen LogP contribution is -2.17. The third kappa shape index (κ3) is 2.49. The van der Waals surface area contributed by atoms with Crippen molar-refractivity contribution in [2.24, 2.45) is 0 Å². The van der Waals surface area contributed by atoms with E-state index in [-0.39, 0.29) is 23.2 Å². The smallest absolute Gasteiger partial charge is 0.258 e. The van der Waals surface area contributed by atoms with Crippen LogP contribution in [0.5, 0.6) is 11.6 Å². The molecule has 1 fully saturated rings.